The lowest BCUT2D eigenvalue weighted by Gasteiger charge is -2.44. The number of fused-ring (bicyclic) bond motifs is 3. The van der Waals surface area contributed by atoms with Gasteiger partial charge < -0.3 is 0 Å². The van der Waals surface area contributed by atoms with Gasteiger partial charge in [-0.25, -0.2) is 13.7 Å². The monoisotopic (exact) mass is 1580 g/mol. The molecule has 0 saturated heterocycles. The number of aryl methyl sites for hydroxylation is 12. The van der Waals surface area contributed by atoms with E-state index in [0.29, 0.717) is 0 Å². The van der Waals surface area contributed by atoms with Gasteiger partial charge in [-0.3, -0.25) is 0 Å². The number of benzene rings is 14. The number of rotatable bonds is 14. The van der Waals surface area contributed by atoms with E-state index in [-0.39, 0.29) is 5.04 Å². The molecule has 0 radical (unpaired) electrons. The summed E-state index contributed by atoms with van der Waals surface area (Å²) in [5.41, 5.74) is 27.4. The van der Waals surface area contributed by atoms with Crippen LogP contribution < -0.4 is 55.2 Å². The van der Waals surface area contributed by atoms with Gasteiger partial charge >= 0.3 is 0 Å². The van der Waals surface area contributed by atoms with Gasteiger partial charge in [-0.05, 0) is 234 Å². The zero-order valence-electron chi connectivity index (χ0n) is 72.3. The van der Waals surface area contributed by atoms with Crippen molar-refractivity contribution in [2.45, 2.75) is 108 Å². The fourth-order valence-corrected chi connectivity index (χ4v) is 31.0. The SMILES string of the molecule is Cc1cc(-c2c(C)cccc2C)ccc1-c1c2ccc([Si](C)(C)c3ccccc3)cc2cc[n+]1C.Cc1cc(-c2c(C)cccc2C)ccc1-c1c2ccc([Si](C)(c3ccccc3)c3ccccc3)cc2cc[n+]1C.Cc1cc(-c2c(C)cccc2C)ccc1-c1c2ccc([Si](c3ccccc3)(c3ccccc3)C(C)(C)C)cc2cc[n+]1C. The number of aromatic nitrogens is 3. The fraction of sp³-hybridized carbons (Fsp3) is 0.170. The van der Waals surface area contributed by atoms with Crippen molar-refractivity contribution in [1.82, 2.24) is 0 Å². The summed E-state index contributed by atoms with van der Waals surface area (Å²) in [4.78, 5) is 0. The highest BCUT2D eigenvalue weighted by Crippen LogP contribution is 2.40. The quantitative estimate of drug-likeness (QED) is 0.0584. The van der Waals surface area contributed by atoms with E-state index in [1.807, 2.05) is 0 Å². The lowest BCUT2D eigenvalue weighted by Crippen LogP contribution is -2.72. The van der Waals surface area contributed by atoms with Crippen molar-refractivity contribution in [2.24, 2.45) is 21.1 Å². The molecule has 0 aliphatic heterocycles. The highest BCUT2D eigenvalue weighted by molar-refractivity contribution is 7.13. The molecule has 14 aromatic carbocycles. The molecule has 6 heteroatoms. The second-order valence-electron chi connectivity index (χ2n) is 34.7. The van der Waals surface area contributed by atoms with Crippen LogP contribution in [0.25, 0.3) is 99.5 Å². The van der Waals surface area contributed by atoms with Crippen LogP contribution in [0.15, 0.2) is 352 Å². The smallest absolute Gasteiger partial charge is 0.200 e. The van der Waals surface area contributed by atoms with E-state index in [1.165, 1.54) is 191 Å². The van der Waals surface area contributed by atoms with Crippen LogP contribution in [0.2, 0.25) is 24.7 Å². The minimum atomic E-state index is -2.43. The molecule has 0 aliphatic carbocycles. The molecule has 0 atom stereocenters. The van der Waals surface area contributed by atoms with E-state index in [1.54, 1.807) is 0 Å². The van der Waals surface area contributed by atoms with Crippen molar-refractivity contribution < 1.29 is 13.7 Å². The molecule has 0 aliphatic rings. The fourth-order valence-electron chi connectivity index (χ4n) is 19.4. The summed E-state index contributed by atoms with van der Waals surface area (Å²) in [5, 5.41) is 19.4. The van der Waals surface area contributed by atoms with Crippen molar-refractivity contribution in [3.8, 4) is 67.2 Å². The van der Waals surface area contributed by atoms with E-state index < -0.39 is 24.2 Å². The normalized spacial score (nSPS) is 11.8. The maximum atomic E-state index is 2.50. The molecule has 3 nitrogen and oxygen atoms in total. The first kappa shape index (κ1) is 81.1. The molecule has 0 fully saturated rings. The first-order valence-corrected chi connectivity index (χ1v) is 49.4. The molecular weight excluding hydrogens is 1470 g/mol. The Bertz CT molecular complexity index is 6440. The summed E-state index contributed by atoms with van der Waals surface area (Å²) in [6.45, 7) is 34.6. The highest BCUT2D eigenvalue weighted by atomic mass is 28.3. The van der Waals surface area contributed by atoms with Gasteiger partial charge in [0.2, 0.25) is 17.1 Å². The zero-order chi connectivity index (χ0) is 83.0. The van der Waals surface area contributed by atoms with E-state index in [9.17, 15) is 0 Å². The number of nitrogens with zero attached hydrogens (tertiary/aromatic N) is 3. The molecule has 0 spiro atoms. The molecule has 3 heterocycles. The maximum Gasteiger partial charge on any atom is 0.220 e. The largest absolute Gasteiger partial charge is 0.220 e. The van der Waals surface area contributed by atoms with Gasteiger partial charge in [0.1, 0.15) is 37.3 Å². The Morgan fingerprint density at radius 1 is 0.229 bits per heavy atom. The summed E-state index contributed by atoms with van der Waals surface area (Å²) in [6, 6.07) is 125. The molecule has 0 amide bonds. The Morgan fingerprint density at radius 2 is 0.500 bits per heavy atom. The van der Waals surface area contributed by atoms with E-state index in [2.05, 4.69) is 490 Å². The third kappa shape index (κ3) is 15.3. The van der Waals surface area contributed by atoms with E-state index in [0.717, 1.165) is 0 Å². The van der Waals surface area contributed by atoms with Crippen molar-refractivity contribution in [3.63, 3.8) is 0 Å². The molecule has 584 valence electrons. The van der Waals surface area contributed by atoms with Crippen LogP contribution in [0.5, 0.6) is 0 Å². The van der Waals surface area contributed by atoms with Gasteiger partial charge in [-0.1, -0.05) is 330 Å². The van der Waals surface area contributed by atoms with Crippen LogP contribution in [-0.4, -0.2) is 24.2 Å². The Hall–Kier alpha value is -12.0. The summed E-state index contributed by atoms with van der Waals surface area (Å²) in [5.74, 6) is 0. The van der Waals surface area contributed by atoms with Gasteiger partial charge in [-0.15, -0.1) is 0 Å². The summed E-state index contributed by atoms with van der Waals surface area (Å²) >= 11 is 0. The third-order valence-corrected chi connectivity index (χ3v) is 39.4. The van der Waals surface area contributed by atoms with Crippen LogP contribution in [0.3, 0.4) is 0 Å². The molecule has 0 saturated carbocycles. The Labute approximate surface area is 705 Å². The molecule has 17 rings (SSSR count). The van der Waals surface area contributed by atoms with Crippen molar-refractivity contribution in [1.29, 1.82) is 0 Å². The van der Waals surface area contributed by atoms with Gasteiger partial charge in [0.15, 0.2) is 26.7 Å². The summed E-state index contributed by atoms with van der Waals surface area (Å²) < 4.78 is 6.82. The Balaban J connectivity index is 0.000000139. The lowest BCUT2D eigenvalue weighted by molar-refractivity contribution is -0.659. The van der Waals surface area contributed by atoms with Gasteiger partial charge in [0.25, 0.3) is 0 Å². The lowest BCUT2D eigenvalue weighted by atomic mass is 9.92. The Kier molecular flexibility index (Phi) is 23.0. The average molecular weight is 1580 g/mol. The topological polar surface area (TPSA) is 11.6 Å². The predicted molar refractivity (Wildman–Crippen MR) is 514 cm³/mol. The minimum Gasteiger partial charge on any atom is -0.200 e. The summed E-state index contributed by atoms with van der Waals surface area (Å²) in [6.07, 6.45) is 6.65. The van der Waals surface area contributed by atoms with E-state index in [4.69, 9.17) is 0 Å². The Morgan fingerprint density at radius 3 is 0.805 bits per heavy atom. The number of hydrogen-bond donors (Lipinski definition) is 0. The minimum absolute atomic E-state index is 0.0474. The van der Waals surface area contributed by atoms with Crippen molar-refractivity contribution in [2.75, 3.05) is 0 Å². The van der Waals surface area contributed by atoms with Gasteiger partial charge in [0, 0.05) is 34.9 Å². The molecule has 0 N–H and O–H groups in total. The first-order valence-electron chi connectivity index (χ1n) is 41.9. The van der Waals surface area contributed by atoms with Crippen LogP contribution in [0.4, 0.5) is 0 Å². The number of pyridine rings is 3. The average Bonchev–Trinajstić information content (AvgIpc) is 0.719. The molecule has 0 unspecified atom stereocenters. The summed E-state index contributed by atoms with van der Waals surface area (Å²) in [7, 11) is 0.127. The van der Waals surface area contributed by atoms with E-state index >= 15 is 0 Å². The van der Waals surface area contributed by atoms with Crippen LogP contribution in [0.1, 0.15) is 70.8 Å². The number of hydrogen-bond acceptors (Lipinski definition) is 0. The second kappa shape index (κ2) is 33.5. The second-order valence-corrected chi connectivity index (χ2v) is 47.8. The third-order valence-electron chi connectivity index (χ3n) is 25.6. The molecule has 118 heavy (non-hydrogen) atoms. The highest BCUT2D eigenvalue weighted by Gasteiger charge is 2.49. The molecular formula is C112H112N3Si3+3. The van der Waals surface area contributed by atoms with Crippen molar-refractivity contribution >= 4 is 98.0 Å². The van der Waals surface area contributed by atoms with Crippen LogP contribution in [-0.2, 0) is 21.1 Å². The van der Waals surface area contributed by atoms with Crippen LogP contribution >= 0.6 is 0 Å². The van der Waals surface area contributed by atoms with Gasteiger partial charge in [0.05, 0.1) is 16.2 Å². The predicted octanol–water partition coefficient (Wildman–Crippen LogP) is 22.0. The first-order chi connectivity index (χ1) is 56.8. The molecule has 17 aromatic rings. The zero-order valence-corrected chi connectivity index (χ0v) is 75.3. The molecule has 3 aromatic heterocycles. The van der Waals surface area contributed by atoms with Crippen molar-refractivity contribution in [3.05, 3.63) is 402 Å². The maximum absolute atomic E-state index is 2.50. The standard InChI is InChI=1S/C41H42NSi.C38H36NSi.C33H34NSi/c1-29-15-14-16-30(2)39(29)33-21-23-37(31(3)27-33)40-38-24-22-36(28-32(38)25-26-42(40)7)43(41(4,5)6,34-17-10-8-11-18-34)35-19-12-9-13-20-35;1-27-13-12-14-28(2)37(27)31-19-21-35(29(3)25-31)38-36-22-20-34(26-30(36)23-24-39(38)4)40(5,32-15-8-6-9-16-32)33-17-10-7-11-18-33;1-23-11-10-12-24(2)32(23)27-15-17-30(25(3)21-27)33-31-18-16-29(22-26(31)19-20-34(33)4)35(5,6)28-13-8-7-9-14-28/h8-28H,1-7H3;6-26H,1-5H3;7-22H,1-6H3/q3*+1. The molecule has 0 bridgehead atoms. The van der Waals surface area contributed by atoms with Crippen LogP contribution in [0, 0.1) is 62.3 Å². The van der Waals surface area contributed by atoms with Gasteiger partial charge in [-0.2, -0.15) is 0 Å².